The number of aromatic nitrogens is 2. The number of nitrogens with zero attached hydrogens (tertiary/aromatic N) is 2. The van der Waals surface area contributed by atoms with E-state index in [-0.39, 0.29) is 6.10 Å². The van der Waals surface area contributed by atoms with Crippen molar-refractivity contribution < 1.29 is 5.11 Å². The molecule has 1 heterocycles. The summed E-state index contributed by atoms with van der Waals surface area (Å²) < 4.78 is 2.18. The Kier molecular flexibility index (Phi) is 4.67. The Hall–Kier alpha value is -0.830. The molecule has 0 spiro atoms. The molecule has 1 aromatic rings. The molecule has 3 nitrogen and oxygen atoms in total. The summed E-state index contributed by atoms with van der Waals surface area (Å²) in [4.78, 5) is 4.40. The highest BCUT2D eigenvalue weighted by Gasteiger charge is 2.31. The van der Waals surface area contributed by atoms with E-state index in [4.69, 9.17) is 0 Å². The number of hydrogen-bond acceptors (Lipinski definition) is 2. The minimum absolute atomic E-state index is 0.228. The van der Waals surface area contributed by atoms with Gasteiger partial charge in [-0.15, -0.1) is 0 Å². The van der Waals surface area contributed by atoms with Gasteiger partial charge in [0.05, 0.1) is 6.10 Å². The van der Waals surface area contributed by atoms with Crippen LogP contribution >= 0.6 is 0 Å². The first-order valence-electron chi connectivity index (χ1n) is 7.70. The van der Waals surface area contributed by atoms with Crippen molar-refractivity contribution in [2.75, 3.05) is 0 Å². The highest BCUT2D eigenvalue weighted by atomic mass is 16.3. The first kappa shape index (κ1) is 14.6. The third-order valence-corrected chi connectivity index (χ3v) is 4.59. The standard InChI is InChI=1S/C16H28N2O/c1-4-10-18-11-9-17-15(18)12-14(19)13-5-7-16(2,3)8-6-13/h9,11,13-14,19H,4-8,10,12H2,1-3H3. The lowest BCUT2D eigenvalue weighted by Gasteiger charge is -2.36. The molecule has 1 aromatic heterocycles. The van der Waals surface area contributed by atoms with Gasteiger partial charge in [-0.2, -0.15) is 0 Å². The molecule has 0 saturated heterocycles. The molecule has 0 aliphatic heterocycles. The molecule has 0 aromatic carbocycles. The van der Waals surface area contributed by atoms with E-state index in [2.05, 4.69) is 30.3 Å². The Morgan fingerprint density at radius 1 is 1.42 bits per heavy atom. The fourth-order valence-corrected chi connectivity index (χ4v) is 3.13. The summed E-state index contributed by atoms with van der Waals surface area (Å²) in [5, 5.41) is 10.5. The molecule has 1 N–H and O–H groups in total. The summed E-state index contributed by atoms with van der Waals surface area (Å²) in [5.41, 5.74) is 0.469. The minimum Gasteiger partial charge on any atom is -0.392 e. The number of aryl methyl sites for hydroxylation is 1. The highest BCUT2D eigenvalue weighted by Crippen LogP contribution is 2.39. The van der Waals surface area contributed by atoms with Crippen LogP contribution in [0.3, 0.4) is 0 Å². The normalized spacial score (nSPS) is 21.5. The van der Waals surface area contributed by atoms with E-state index in [1.807, 2.05) is 12.4 Å². The topological polar surface area (TPSA) is 38.0 Å². The predicted octanol–water partition coefficient (Wildman–Crippen LogP) is 3.41. The molecule has 0 radical (unpaired) electrons. The molecule has 1 unspecified atom stereocenters. The van der Waals surface area contributed by atoms with Crippen molar-refractivity contribution in [3.8, 4) is 0 Å². The van der Waals surface area contributed by atoms with Gasteiger partial charge in [0, 0.05) is 25.4 Å². The Labute approximate surface area is 117 Å². The number of imidazole rings is 1. The summed E-state index contributed by atoms with van der Waals surface area (Å²) in [7, 11) is 0. The molecule has 108 valence electrons. The van der Waals surface area contributed by atoms with Gasteiger partial charge in [0.2, 0.25) is 0 Å². The Morgan fingerprint density at radius 2 is 2.11 bits per heavy atom. The van der Waals surface area contributed by atoms with E-state index in [1.165, 1.54) is 12.8 Å². The lowest BCUT2D eigenvalue weighted by atomic mass is 9.71. The van der Waals surface area contributed by atoms with Crippen molar-refractivity contribution in [1.82, 2.24) is 9.55 Å². The van der Waals surface area contributed by atoms with E-state index in [0.29, 0.717) is 17.8 Å². The fraction of sp³-hybridized carbons (Fsp3) is 0.812. The van der Waals surface area contributed by atoms with Crippen molar-refractivity contribution in [2.45, 2.75) is 71.9 Å². The molecule has 19 heavy (non-hydrogen) atoms. The van der Waals surface area contributed by atoms with Gasteiger partial charge in [-0.25, -0.2) is 4.98 Å². The Morgan fingerprint density at radius 3 is 2.74 bits per heavy atom. The summed E-state index contributed by atoms with van der Waals surface area (Å²) in [6.07, 6.45) is 10.2. The van der Waals surface area contributed by atoms with Gasteiger partial charge in [0.1, 0.15) is 5.82 Å². The van der Waals surface area contributed by atoms with Crippen LogP contribution in [-0.2, 0) is 13.0 Å². The van der Waals surface area contributed by atoms with Gasteiger partial charge in [-0.1, -0.05) is 20.8 Å². The van der Waals surface area contributed by atoms with Gasteiger partial charge in [-0.05, 0) is 43.4 Å². The van der Waals surface area contributed by atoms with Crippen molar-refractivity contribution in [3.63, 3.8) is 0 Å². The van der Waals surface area contributed by atoms with Crippen LogP contribution in [0.1, 0.15) is 58.7 Å². The summed E-state index contributed by atoms with van der Waals surface area (Å²) in [6.45, 7) is 7.84. The number of aliphatic hydroxyl groups excluding tert-OH is 1. The third kappa shape index (κ3) is 3.82. The lowest BCUT2D eigenvalue weighted by molar-refractivity contribution is 0.0557. The maximum absolute atomic E-state index is 10.5. The molecular weight excluding hydrogens is 236 g/mol. The van der Waals surface area contributed by atoms with Gasteiger partial charge in [-0.3, -0.25) is 0 Å². The van der Waals surface area contributed by atoms with Crippen molar-refractivity contribution in [1.29, 1.82) is 0 Å². The van der Waals surface area contributed by atoms with Crippen molar-refractivity contribution >= 4 is 0 Å². The van der Waals surface area contributed by atoms with Gasteiger partial charge in [0.15, 0.2) is 0 Å². The zero-order valence-electron chi connectivity index (χ0n) is 12.6. The first-order chi connectivity index (χ1) is 9.02. The molecule has 1 atom stereocenters. The smallest absolute Gasteiger partial charge is 0.111 e. The fourth-order valence-electron chi connectivity index (χ4n) is 3.13. The molecule has 3 heteroatoms. The van der Waals surface area contributed by atoms with E-state index < -0.39 is 0 Å². The highest BCUT2D eigenvalue weighted by molar-refractivity contribution is 4.96. The number of hydrogen-bond donors (Lipinski definition) is 1. The number of aliphatic hydroxyl groups is 1. The van der Waals surface area contributed by atoms with E-state index in [9.17, 15) is 5.11 Å². The molecule has 0 bridgehead atoms. The van der Waals surface area contributed by atoms with Gasteiger partial charge in [0.25, 0.3) is 0 Å². The second-order valence-electron chi connectivity index (χ2n) is 6.81. The Balaban J connectivity index is 1.90. The second-order valence-corrected chi connectivity index (χ2v) is 6.81. The summed E-state index contributed by atoms with van der Waals surface area (Å²) >= 11 is 0. The van der Waals surface area contributed by atoms with Crippen LogP contribution in [0.4, 0.5) is 0 Å². The van der Waals surface area contributed by atoms with E-state index >= 15 is 0 Å². The van der Waals surface area contributed by atoms with Crippen molar-refractivity contribution in [2.24, 2.45) is 11.3 Å². The second kappa shape index (κ2) is 6.08. The zero-order chi connectivity index (χ0) is 13.9. The average Bonchev–Trinajstić information content (AvgIpc) is 2.77. The van der Waals surface area contributed by atoms with Crippen LogP contribution in [-0.4, -0.2) is 20.8 Å². The molecule has 1 aliphatic rings. The molecule has 0 amide bonds. The van der Waals surface area contributed by atoms with E-state index in [0.717, 1.165) is 31.6 Å². The maximum atomic E-state index is 10.5. The summed E-state index contributed by atoms with van der Waals surface area (Å²) in [6, 6.07) is 0. The number of rotatable bonds is 5. The van der Waals surface area contributed by atoms with Crippen LogP contribution in [0.2, 0.25) is 0 Å². The SMILES string of the molecule is CCCn1ccnc1CC(O)C1CCC(C)(C)CC1. The van der Waals surface area contributed by atoms with Gasteiger partial charge < -0.3 is 9.67 Å². The molecule has 2 rings (SSSR count). The van der Waals surface area contributed by atoms with Crippen LogP contribution in [0.5, 0.6) is 0 Å². The Bertz CT molecular complexity index is 387. The van der Waals surface area contributed by atoms with Crippen molar-refractivity contribution in [3.05, 3.63) is 18.2 Å². The van der Waals surface area contributed by atoms with Crippen LogP contribution in [0, 0.1) is 11.3 Å². The average molecular weight is 264 g/mol. The lowest BCUT2D eigenvalue weighted by Crippen LogP contribution is -2.31. The largest absolute Gasteiger partial charge is 0.392 e. The van der Waals surface area contributed by atoms with Crippen LogP contribution < -0.4 is 0 Å². The van der Waals surface area contributed by atoms with E-state index in [1.54, 1.807) is 0 Å². The van der Waals surface area contributed by atoms with Gasteiger partial charge >= 0.3 is 0 Å². The zero-order valence-corrected chi connectivity index (χ0v) is 12.6. The third-order valence-electron chi connectivity index (χ3n) is 4.59. The molecule has 1 aliphatic carbocycles. The quantitative estimate of drug-likeness (QED) is 0.885. The van der Waals surface area contributed by atoms with Crippen LogP contribution in [0.15, 0.2) is 12.4 Å². The maximum Gasteiger partial charge on any atom is 0.111 e. The van der Waals surface area contributed by atoms with Crippen LogP contribution in [0.25, 0.3) is 0 Å². The first-order valence-corrected chi connectivity index (χ1v) is 7.70. The molecule has 1 fully saturated rings. The minimum atomic E-state index is -0.228. The summed E-state index contributed by atoms with van der Waals surface area (Å²) in [5.74, 6) is 1.50. The predicted molar refractivity (Wildman–Crippen MR) is 78.0 cm³/mol. The molecule has 1 saturated carbocycles. The monoisotopic (exact) mass is 264 g/mol. The molecular formula is C16H28N2O.